The number of nitrogens with zero attached hydrogens (tertiary/aromatic N) is 1. The molecule has 0 bridgehead atoms. The molecule has 5 nitrogen and oxygen atoms in total. The Bertz CT molecular complexity index is 626. The van der Waals surface area contributed by atoms with Gasteiger partial charge in [-0.15, -0.1) is 0 Å². The Labute approximate surface area is 124 Å². The molecule has 0 aliphatic carbocycles. The molecule has 0 radical (unpaired) electrons. The number of ether oxygens (including phenoxy) is 1. The third-order valence-electron chi connectivity index (χ3n) is 2.78. The summed E-state index contributed by atoms with van der Waals surface area (Å²) >= 11 is 0. The van der Waals surface area contributed by atoms with Gasteiger partial charge in [0, 0.05) is 24.0 Å². The maximum absolute atomic E-state index is 12.0. The van der Waals surface area contributed by atoms with Crippen molar-refractivity contribution >= 4 is 17.3 Å². The number of rotatable bonds is 5. The minimum atomic E-state index is -0.133. The predicted octanol–water partition coefficient (Wildman–Crippen LogP) is 2.97. The number of aromatic nitrogens is 1. The normalized spacial score (nSPS) is 10.3. The van der Waals surface area contributed by atoms with Gasteiger partial charge in [-0.2, -0.15) is 0 Å². The van der Waals surface area contributed by atoms with Crippen molar-refractivity contribution in [2.45, 2.75) is 19.9 Å². The van der Waals surface area contributed by atoms with E-state index < -0.39 is 0 Å². The molecule has 1 aromatic carbocycles. The Balaban J connectivity index is 2.15. The average Bonchev–Trinajstić information content (AvgIpc) is 2.47. The lowest BCUT2D eigenvalue weighted by Crippen LogP contribution is -2.30. The summed E-state index contributed by atoms with van der Waals surface area (Å²) in [4.78, 5) is 16.1. The van der Waals surface area contributed by atoms with Gasteiger partial charge in [0.1, 0.15) is 5.75 Å². The van der Waals surface area contributed by atoms with E-state index in [2.05, 4.69) is 15.6 Å². The molecule has 110 valence electrons. The second kappa shape index (κ2) is 6.74. The van der Waals surface area contributed by atoms with Crippen molar-refractivity contribution in [3.8, 4) is 5.75 Å². The van der Waals surface area contributed by atoms with Crippen molar-refractivity contribution in [2.24, 2.45) is 0 Å². The number of carbonyl (C=O) groups excluding carboxylic acids is 1. The van der Waals surface area contributed by atoms with Crippen LogP contribution in [0.4, 0.5) is 11.4 Å². The number of benzene rings is 1. The first kappa shape index (κ1) is 14.8. The summed E-state index contributed by atoms with van der Waals surface area (Å²) in [5, 5.41) is 6.05. The van der Waals surface area contributed by atoms with Crippen LogP contribution in [0.25, 0.3) is 0 Å². The summed E-state index contributed by atoms with van der Waals surface area (Å²) in [7, 11) is 1.62. The Morgan fingerprint density at radius 1 is 1.19 bits per heavy atom. The first-order valence-electron chi connectivity index (χ1n) is 6.75. The van der Waals surface area contributed by atoms with Gasteiger partial charge < -0.3 is 15.4 Å². The number of pyridine rings is 1. The number of carbonyl (C=O) groups is 1. The molecule has 2 aromatic rings. The number of amides is 1. The van der Waals surface area contributed by atoms with E-state index in [9.17, 15) is 4.79 Å². The number of hydrogen-bond donors (Lipinski definition) is 2. The molecule has 0 aliphatic heterocycles. The van der Waals surface area contributed by atoms with Gasteiger partial charge in [-0.3, -0.25) is 9.78 Å². The van der Waals surface area contributed by atoms with Gasteiger partial charge in [-0.1, -0.05) is 6.07 Å². The van der Waals surface area contributed by atoms with Gasteiger partial charge in [0.2, 0.25) is 0 Å². The molecule has 2 rings (SSSR count). The SMILES string of the molecule is COc1cccc(Nc2cncc(C(=O)NC(C)C)c2)c1. The zero-order valence-corrected chi connectivity index (χ0v) is 12.4. The average molecular weight is 285 g/mol. The van der Waals surface area contributed by atoms with E-state index in [0.29, 0.717) is 5.56 Å². The van der Waals surface area contributed by atoms with Gasteiger partial charge >= 0.3 is 0 Å². The highest BCUT2D eigenvalue weighted by Crippen LogP contribution is 2.21. The lowest BCUT2D eigenvalue weighted by atomic mass is 10.2. The van der Waals surface area contributed by atoms with E-state index >= 15 is 0 Å². The summed E-state index contributed by atoms with van der Waals surface area (Å²) in [6.45, 7) is 3.84. The van der Waals surface area contributed by atoms with Crippen LogP contribution in [-0.4, -0.2) is 24.0 Å². The highest BCUT2D eigenvalue weighted by atomic mass is 16.5. The lowest BCUT2D eigenvalue weighted by Gasteiger charge is -2.11. The van der Waals surface area contributed by atoms with Gasteiger partial charge in [-0.25, -0.2) is 0 Å². The number of methoxy groups -OCH3 is 1. The third kappa shape index (κ3) is 4.21. The molecule has 0 saturated heterocycles. The topological polar surface area (TPSA) is 63.2 Å². The molecule has 21 heavy (non-hydrogen) atoms. The van der Waals surface area contributed by atoms with Crippen LogP contribution >= 0.6 is 0 Å². The van der Waals surface area contributed by atoms with Crippen LogP contribution in [0.15, 0.2) is 42.7 Å². The maximum atomic E-state index is 12.0. The van der Waals surface area contributed by atoms with E-state index in [-0.39, 0.29) is 11.9 Å². The van der Waals surface area contributed by atoms with Gasteiger partial charge in [-0.05, 0) is 32.0 Å². The molecule has 5 heteroatoms. The first-order valence-corrected chi connectivity index (χ1v) is 6.75. The molecular formula is C16H19N3O2. The van der Waals surface area contributed by atoms with Crippen LogP contribution in [0.3, 0.4) is 0 Å². The zero-order valence-electron chi connectivity index (χ0n) is 12.4. The second-order valence-electron chi connectivity index (χ2n) is 4.95. The van der Waals surface area contributed by atoms with Crippen molar-refractivity contribution in [3.63, 3.8) is 0 Å². The maximum Gasteiger partial charge on any atom is 0.253 e. The molecule has 0 spiro atoms. The van der Waals surface area contributed by atoms with Crippen molar-refractivity contribution in [1.82, 2.24) is 10.3 Å². The van der Waals surface area contributed by atoms with Gasteiger partial charge in [0.05, 0.1) is 24.6 Å². The van der Waals surface area contributed by atoms with E-state index in [4.69, 9.17) is 4.74 Å². The van der Waals surface area contributed by atoms with Crippen molar-refractivity contribution in [3.05, 3.63) is 48.3 Å². The summed E-state index contributed by atoms with van der Waals surface area (Å²) in [5.74, 6) is 0.633. The molecule has 0 aliphatic rings. The van der Waals surface area contributed by atoms with E-state index in [1.165, 1.54) is 0 Å². The number of anilines is 2. The molecule has 0 unspecified atom stereocenters. The minimum Gasteiger partial charge on any atom is -0.497 e. The zero-order chi connectivity index (χ0) is 15.2. The Morgan fingerprint density at radius 2 is 2.00 bits per heavy atom. The molecular weight excluding hydrogens is 266 g/mol. The quantitative estimate of drug-likeness (QED) is 0.886. The Kier molecular flexibility index (Phi) is 4.77. The van der Waals surface area contributed by atoms with Crippen LogP contribution in [0.1, 0.15) is 24.2 Å². The summed E-state index contributed by atoms with van der Waals surface area (Å²) < 4.78 is 5.18. The summed E-state index contributed by atoms with van der Waals surface area (Å²) in [6, 6.07) is 9.42. The fourth-order valence-corrected chi connectivity index (χ4v) is 1.85. The number of hydrogen-bond acceptors (Lipinski definition) is 4. The lowest BCUT2D eigenvalue weighted by molar-refractivity contribution is 0.0943. The largest absolute Gasteiger partial charge is 0.497 e. The molecule has 0 saturated carbocycles. The van der Waals surface area contributed by atoms with Crippen LogP contribution < -0.4 is 15.4 Å². The van der Waals surface area contributed by atoms with E-state index in [1.807, 2.05) is 38.1 Å². The van der Waals surface area contributed by atoms with E-state index in [1.54, 1.807) is 25.6 Å². The highest BCUT2D eigenvalue weighted by molar-refractivity contribution is 5.95. The van der Waals surface area contributed by atoms with Crippen LogP contribution in [-0.2, 0) is 0 Å². The fourth-order valence-electron chi connectivity index (χ4n) is 1.85. The smallest absolute Gasteiger partial charge is 0.253 e. The Morgan fingerprint density at radius 3 is 2.71 bits per heavy atom. The van der Waals surface area contributed by atoms with Crippen LogP contribution in [0.2, 0.25) is 0 Å². The van der Waals surface area contributed by atoms with Gasteiger partial charge in [0.25, 0.3) is 5.91 Å². The van der Waals surface area contributed by atoms with E-state index in [0.717, 1.165) is 17.1 Å². The summed E-state index contributed by atoms with van der Waals surface area (Å²) in [5.41, 5.74) is 2.15. The second-order valence-corrected chi connectivity index (χ2v) is 4.95. The molecule has 0 fully saturated rings. The van der Waals surface area contributed by atoms with Crippen molar-refractivity contribution in [2.75, 3.05) is 12.4 Å². The fraction of sp³-hybridized carbons (Fsp3) is 0.250. The Hall–Kier alpha value is -2.56. The van der Waals surface area contributed by atoms with Crippen LogP contribution in [0, 0.1) is 0 Å². The molecule has 2 N–H and O–H groups in total. The summed E-state index contributed by atoms with van der Waals surface area (Å²) in [6.07, 6.45) is 3.22. The van der Waals surface area contributed by atoms with Crippen LogP contribution in [0.5, 0.6) is 5.75 Å². The minimum absolute atomic E-state index is 0.0903. The number of nitrogens with one attached hydrogen (secondary N) is 2. The predicted molar refractivity (Wildman–Crippen MR) is 83.1 cm³/mol. The molecule has 1 aromatic heterocycles. The van der Waals surface area contributed by atoms with Crippen molar-refractivity contribution in [1.29, 1.82) is 0 Å². The first-order chi connectivity index (χ1) is 10.1. The monoisotopic (exact) mass is 285 g/mol. The molecule has 1 heterocycles. The third-order valence-corrected chi connectivity index (χ3v) is 2.78. The molecule has 0 atom stereocenters. The van der Waals surface area contributed by atoms with Crippen molar-refractivity contribution < 1.29 is 9.53 Å². The van der Waals surface area contributed by atoms with Gasteiger partial charge in [0.15, 0.2) is 0 Å². The standard InChI is InChI=1S/C16H19N3O2/c1-11(2)18-16(20)12-7-14(10-17-9-12)19-13-5-4-6-15(8-13)21-3/h4-11,19H,1-3H3,(H,18,20). The highest BCUT2D eigenvalue weighted by Gasteiger charge is 2.08. The molecule has 1 amide bonds.